The summed E-state index contributed by atoms with van der Waals surface area (Å²) in [5.41, 5.74) is -0.0453. The van der Waals surface area contributed by atoms with Gasteiger partial charge in [-0.1, -0.05) is 25.4 Å². The van der Waals surface area contributed by atoms with Gasteiger partial charge >= 0.3 is 5.97 Å². The van der Waals surface area contributed by atoms with E-state index in [-0.39, 0.29) is 29.0 Å². The maximum atomic E-state index is 13.0. The van der Waals surface area contributed by atoms with Crippen LogP contribution in [0.1, 0.15) is 49.0 Å². The summed E-state index contributed by atoms with van der Waals surface area (Å²) in [6.45, 7) is 4.34. The number of hydrogen-bond acceptors (Lipinski definition) is 6. The summed E-state index contributed by atoms with van der Waals surface area (Å²) in [5, 5.41) is 34.4. The first-order valence-corrected chi connectivity index (χ1v) is 10.5. The van der Waals surface area contributed by atoms with Crippen LogP contribution in [0.5, 0.6) is 11.5 Å². The summed E-state index contributed by atoms with van der Waals surface area (Å²) in [4.78, 5) is 13.0. The number of aliphatic hydroxyl groups excluding tert-OH is 1. The van der Waals surface area contributed by atoms with E-state index in [1.807, 2.05) is 13.8 Å². The number of fused-ring (bicyclic) bond motifs is 2. The van der Waals surface area contributed by atoms with Gasteiger partial charge in [-0.05, 0) is 61.6 Å². The summed E-state index contributed by atoms with van der Waals surface area (Å²) >= 11 is 5.98. The van der Waals surface area contributed by atoms with Crippen LogP contribution < -0.4 is 5.32 Å². The number of aromatic hydroxyl groups is 2. The Hall–Kier alpha value is -2.44. The van der Waals surface area contributed by atoms with Crippen LogP contribution in [0.3, 0.4) is 0 Å². The molecule has 0 saturated heterocycles. The number of rotatable bonds is 5. The van der Waals surface area contributed by atoms with Crippen molar-refractivity contribution in [1.29, 1.82) is 0 Å². The maximum Gasteiger partial charge on any atom is 0.342 e. The summed E-state index contributed by atoms with van der Waals surface area (Å²) in [5.74, 6) is -0.422. The summed E-state index contributed by atoms with van der Waals surface area (Å²) in [6, 6.07) is 9.33. The van der Waals surface area contributed by atoms with Crippen LogP contribution in [0.25, 0.3) is 0 Å². The number of phenols is 2. The maximum absolute atomic E-state index is 13.0. The monoisotopic (exact) mass is 431 g/mol. The van der Waals surface area contributed by atoms with E-state index in [0.29, 0.717) is 35.0 Å². The fourth-order valence-corrected chi connectivity index (χ4v) is 5.25. The van der Waals surface area contributed by atoms with Gasteiger partial charge in [0.05, 0.1) is 6.10 Å². The molecule has 2 aromatic carbocycles. The number of carbonyl (C=O) groups is 1. The fourth-order valence-electron chi connectivity index (χ4n) is 5.06. The number of aliphatic hydroxyl groups is 1. The van der Waals surface area contributed by atoms with E-state index in [4.69, 9.17) is 16.3 Å². The molecule has 30 heavy (non-hydrogen) atoms. The molecule has 2 fully saturated rings. The van der Waals surface area contributed by atoms with Crippen molar-refractivity contribution in [1.82, 2.24) is 0 Å². The highest BCUT2D eigenvalue weighted by Gasteiger charge is 2.66. The topological polar surface area (TPSA) is 99.0 Å². The average Bonchev–Trinajstić information content (AvgIpc) is 3.04. The van der Waals surface area contributed by atoms with Gasteiger partial charge in [-0.3, -0.25) is 0 Å². The number of anilines is 1. The molecular weight excluding hydrogens is 406 g/mol. The van der Waals surface area contributed by atoms with Crippen molar-refractivity contribution >= 4 is 23.3 Å². The van der Waals surface area contributed by atoms with Crippen molar-refractivity contribution < 1.29 is 24.9 Å². The highest BCUT2D eigenvalue weighted by Crippen LogP contribution is 2.62. The molecule has 4 N–H and O–H groups in total. The van der Waals surface area contributed by atoms with Crippen LogP contribution in [-0.4, -0.2) is 33.0 Å². The van der Waals surface area contributed by atoms with Gasteiger partial charge in [0.15, 0.2) is 0 Å². The summed E-state index contributed by atoms with van der Waals surface area (Å²) in [6.07, 6.45) is 1.44. The quantitative estimate of drug-likeness (QED) is 0.412. The Morgan fingerprint density at radius 2 is 1.93 bits per heavy atom. The standard InChI is InChI=1S/C23H26ClNO5/c1-22(2)14-7-8-23(22,20(28)10-14)30-21(29)17-11-16(4-6-19(17)27)25-12-13-9-15(24)3-5-18(13)26/h3-6,9,11,14,20,25-28H,7-8,10,12H2,1-2H3. The molecule has 2 saturated carbocycles. The molecule has 3 unspecified atom stereocenters. The smallest absolute Gasteiger partial charge is 0.342 e. The second-order valence-corrected chi connectivity index (χ2v) is 9.28. The molecule has 7 heteroatoms. The Morgan fingerprint density at radius 1 is 1.20 bits per heavy atom. The molecule has 6 nitrogen and oxygen atoms in total. The van der Waals surface area contributed by atoms with Crippen molar-refractivity contribution in [3.8, 4) is 11.5 Å². The van der Waals surface area contributed by atoms with Crippen LogP contribution in [0.2, 0.25) is 5.02 Å². The zero-order valence-electron chi connectivity index (χ0n) is 17.0. The predicted molar refractivity (Wildman–Crippen MR) is 114 cm³/mol. The van der Waals surface area contributed by atoms with Gasteiger partial charge in [0.25, 0.3) is 0 Å². The van der Waals surface area contributed by atoms with Gasteiger partial charge in [0.2, 0.25) is 0 Å². The number of ether oxygens (including phenoxy) is 1. The first-order valence-electron chi connectivity index (χ1n) is 10.1. The summed E-state index contributed by atoms with van der Waals surface area (Å²) in [7, 11) is 0. The number of carbonyl (C=O) groups excluding carboxylic acids is 1. The van der Waals surface area contributed by atoms with Crippen molar-refractivity contribution in [2.24, 2.45) is 11.3 Å². The van der Waals surface area contributed by atoms with Crippen molar-refractivity contribution in [2.75, 3.05) is 5.32 Å². The van der Waals surface area contributed by atoms with Crippen LogP contribution >= 0.6 is 11.6 Å². The highest BCUT2D eigenvalue weighted by molar-refractivity contribution is 6.30. The number of phenolic OH excluding ortho intramolecular Hbond substituents is 2. The van der Waals surface area contributed by atoms with Gasteiger partial charge < -0.3 is 25.4 Å². The average molecular weight is 432 g/mol. The zero-order valence-corrected chi connectivity index (χ0v) is 17.7. The molecule has 0 heterocycles. The number of benzene rings is 2. The van der Waals surface area contributed by atoms with E-state index in [1.165, 1.54) is 18.2 Å². The lowest BCUT2D eigenvalue weighted by Gasteiger charge is -2.39. The second kappa shape index (κ2) is 7.36. The summed E-state index contributed by atoms with van der Waals surface area (Å²) < 4.78 is 5.90. The molecule has 0 amide bonds. The lowest BCUT2D eigenvalue weighted by Crippen LogP contribution is -2.49. The number of esters is 1. The Bertz CT molecular complexity index is 992. The minimum Gasteiger partial charge on any atom is -0.508 e. The molecular formula is C23H26ClNO5. The molecule has 2 aliphatic rings. The number of hydrogen-bond donors (Lipinski definition) is 4. The first kappa shape index (κ1) is 20.8. The minimum absolute atomic E-state index is 0.0306. The van der Waals surface area contributed by atoms with Gasteiger partial charge in [0, 0.05) is 28.2 Å². The molecule has 3 atom stereocenters. The van der Waals surface area contributed by atoms with Crippen LogP contribution in [-0.2, 0) is 11.3 Å². The van der Waals surface area contributed by atoms with Crippen LogP contribution in [0, 0.1) is 11.3 Å². The van der Waals surface area contributed by atoms with E-state index in [1.54, 1.807) is 18.2 Å². The van der Waals surface area contributed by atoms with E-state index < -0.39 is 17.7 Å². The third-order valence-corrected chi connectivity index (χ3v) is 7.27. The zero-order chi connectivity index (χ0) is 21.7. The predicted octanol–water partition coefficient (Wildman–Crippen LogP) is 4.46. The molecule has 0 spiro atoms. The van der Waals surface area contributed by atoms with Crippen LogP contribution in [0.15, 0.2) is 36.4 Å². The van der Waals surface area contributed by atoms with E-state index in [9.17, 15) is 20.1 Å². The Labute approximate surface area is 180 Å². The largest absolute Gasteiger partial charge is 0.508 e. The SMILES string of the molecule is CC1(C)C2CCC1(OC(=O)c1cc(NCc3cc(Cl)ccc3O)ccc1O)C(O)C2. The Balaban J connectivity index is 1.53. The highest BCUT2D eigenvalue weighted by atomic mass is 35.5. The van der Waals surface area contributed by atoms with Crippen molar-refractivity contribution in [2.45, 2.75) is 51.4 Å². The van der Waals surface area contributed by atoms with Crippen LogP contribution in [0.4, 0.5) is 5.69 Å². The third kappa shape index (κ3) is 3.28. The molecule has 2 bridgehead atoms. The lowest BCUT2D eigenvalue weighted by atomic mass is 9.78. The Morgan fingerprint density at radius 3 is 2.60 bits per heavy atom. The van der Waals surface area contributed by atoms with Gasteiger partial charge in [-0.15, -0.1) is 0 Å². The molecule has 0 aliphatic heterocycles. The lowest BCUT2D eigenvalue weighted by molar-refractivity contribution is -0.114. The third-order valence-electron chi connectivity index (χ3n) is 7.04. The molecule has 0 radical (unpaired) electrons. The molecule has 0 aromatic heterocycles. The molecule has 160 valence electrons. The number of halogens is 1. The van der Waals surface area contributed by atoms with Crippen molar-refractivity contribution in [3.05, 3.63) is 52.5 Å². The molecule has 2 aliphatic carbocycles. The van der Waals surface area contributed by atoms with E-state index in [0.717, 1.165) is 6.42 Å². The second-order valence-electron chi connectivity index (χ2n) is 8.85. The van der Waals surface area contributed by atoms with Crippen molar-refractivity contribution in [3.63, 3.8) is 0 Å². The number of nitrogens with one attached hydrogen (secondary N) is 1. The Kier molecular flexibility index (Phi) is 5.11. The van der Waals surface area contributed by atoms with E-state index in [2.05, 4.69) is 5.32 Å². The van der Waals surface area contributed by atoms with E-state index >= 15 is 0 Å². The normalized spacial score (nSPS) is 26.5. The molecule has 2 aromatic rings. The van der Waals surface area contributed by atoms with Gasteiger partial charge in [-0.25, -0.2) is 4.79 Å². The van der Waals surface area contributed by atoms with Gasteiger partial charge in [-0.2, -0.15) is 0 Å². The minimum atomic E-state index is -0.933. The fraction of sp³-hybridized carbons (Fsp3) is 0.435. The first-order chi connectivity index (χ1) is 14.1. The molecule has 4 rings (SSSR count). The van der Waals surface area contributed by atoms with Gasteiger partial charge in [0.1, 0.15) is 22.7 Å².